The molecule has 0 saturated heterocycles. The van der Waals surface area contributed by atoms with Gasteiger partial charge in [-0.3, -0.25) is 4.79 Å². The first-order valence-electron chi connectivity index (χ1n) is 5.90. The fourth-order valence-corrected chi connectivity index (χ4v) is 1.93. The summed E-state index contributed by atoms with van der Waals surface area (Å²) in [6.45, 7) is 0. The van der Waals surface area contributed by atoms with E-state index in [1.54, 1.807) is 6.07 Å². The Morgan fingerprint density at radius 3 is 2.42 bits per heavy atom. The summed E-state index contributed by atoms with van der Waals surface area (Å²) >= 11 is 3.36. The first kappa shape index (κ1) is 13.6. The van der Waals surface area contributed by atoms with Gasteiger partial charge in [-0.15, -0.1) is 0 Å². The summed E-state index contributed by atoms with van der Waals surface area (Å²) in [6, 6.07) is 15.0. The Morgan fingerprint density at radius 1 is 1.11 bits per heavy atom. The molecule has 0 unspecified atom stereocenters. The second-order valence-electron chi connectivity index (χ2n) is 4.41. The molecule has 0 atom stereocenters. The molecular formula is C15H15BrN2O. The molecule has 3 nitrogen and oxygen atoms in total. The van der Waals surface area contributed by atoms with Crippen molar-refractivity contribution in [2.45, 2.75) is 0 Å². The van der Waals surface area contributed by atoms with Crippen LogP contribution in [0.25, 0.3) is 0 Å². The zero-order valence-electron chi connectivity index (χ0n) is 10.9. The number of carbonyl (C=O) groups is 1. The van der Waals surface area contributed by atoms with Gasteiger partial charge >= 0.3 is 0 Å². The monoisotopic (exact) mass is 318 g/mol. The number of halogens is 1. The molecule has 0 heterocycles. The van der Waals surface area contributed by atoms with Crippen molar-refractivity contribution in [1.82, 2.24) is 0 Å². The van der Waals surface area contributed by atoms with Gasteiger partial charge in [-0.25, -0.2) is 0 Å². The van der Waals surface area contributed by atoms with Crippen LogP contribution in [0.15, 0.2) is 53.0 Å². The van der Waals surface area contributed by atoms with E-state index >= 15 is 0 Å². The number of nitrogens with one attached hydrogen (secondary N) is 1. The minimum Gasteiger partial charge on any atom is -0.378 e. The average molecular weight is 319 g/mol. The Labute approximate surface area is 121 Å². The van der Waals surface area contributed by atoms with Crippen LogP contribution in [0.5, 0.6) is 0 Å². The first-order chi connectivity index (χ1) is 9.06. The molecule has 1 N–H and O–H groups in total. The average Bonchev–Trinajstić information content (AvgIpc) is 2.41. The van der Waals surface area contributed by atoms with Gasteiger partial charge in [0.15, 0.2) is 0 Å². The second kappa shape index (κ2) is 5.89. The Bertz CT molecular complexity index is 579. The van der Waals surface area contributed by atoms with Gasteiger partial charge < -0.3 is 10.2 Å². The van der Waals surface area contributed by atoms with Crippen LogP contribution in [0.4, 0.5) is 11.4 Å². The maximum atomic E-state index is 12.1. The van der Waals surface area contributed by atoms with Gasteiger partial charge in [0.05, 0.1) is 0 Å². The van der Waals surface area contributed by atoms with Gasteiger partial charge in [-0.1, -0.05) is 22.0 Å². The molecule has 0 aliphatic heterocycles. The fourth-order valence-electron chi connectivity index (χ4n) is 1.66. The number of hydrogen-bond acceptors (Lipinski definition) is 2. The highest BCUT2D eigenvalue weighted by Gasteiger charge is 2.07. The summed E-state index contributed by atoms with van der Waals surface area (Å²) in [5, 5.41) is 2.87. The van der Waals surface area contributed by atoms with Crippen molar-refractivity contribution in [3.05, 3.63) is 58.6 Å². The Hall–Kier alpha value is -1.81. The van der Waals surface area contributed by atoms with E-state index in [4.69, 9.17) is 0 Å². The lowest BCUT2D eigenvalue weighted by atomic mass is 10.1. The normalized spacial score (nSPS) is 10.1. The quantitative estimate of drug-likeness (QED) is 0.934. The van der Waals surface area contributed by atoms with Crippen LogP contribution in [-0.2, 0) is 0 Å². The van der Waals surface area contributed by atoms with Crippen molar-refractivity contribution < 1.29 is 4.79 Å². The lowest BCUT2D eigenvalue weighted by Gasteiger charge is -2.13. The number of hydrogen-bond donors (Lipinski definition) is 1. The van der Waals surface area contributed by atoms with E-state index in [-0.39, 0.29) is 5.91 Å². The molecule has 0 aliphatic carbocycles. The summed E-state index contributed by atoms with van der Waals surface area (Å²) in [5.74, 6) is -0.106. The highest BCUT2D eigenvalue weighted by molar-refractivity contribution is 9.10. The Balaban J connectivity index is 2.15. The molecule has 98 valence electrons. The minimum absolute atomic E-state index is 0.106. The number of rotatable bonds is 3. The number of carbonyl (C=O) groups excluding carboxylic acids is 1. The summed E-state index contributed by atoms with van der Waals surface area (Å²) in [6.07, 6.45) is 0. The van der Waals surface area contributed by atoms with Crippen LogP contribution in [0.1, 0.15) is 10.4 Å². The molecule has 1 amide bonds. The van der Waals surface area contributed by atoms with E-state index in [2.05, 4.69) is 21.2 Å². The molecule has 0 aliphatic rings. The minimum atomic E-state index is -0.106. The molecule has 0 bridgehead atoms. The highest BCUT2D eigenvalue weighted by atomic mass is 79.9. The van der Waals surface area contributed by atoms with Crippen LogP contribution in [0, 0.1) is 0 Å². The van der Waals surface area contributed by atoms with E-state index in [9.17, 15) is 4.79 Å². The standard InChI is InChI=1S/C15H15BrN2O/c1-18(2)14-5-3-4-11(10-14)15(19)17-13-8-6-12(16)7-9-13/h3-10H,1-2H3,(H,17,19). The lowest BCUT2D eigenvalue weighted by molar-refractivity contribution is 0.102. The molecule has 2 aromatic rings. The van der Waals surface area contributed by atoms with E-state index in [1.165, 1.54) is 0 Å². The molecule has 0 aromatic heterocycles. The molecule has 4 heteroatoms. The van der Waals surface area contributed by atoms with Gasteiger partial charge in [-0.2, -0.15) is 0 Å². The van der Waals surface area contributed by atoms with E-state index in [0.717, 1.165) is 15.8 Å². The van der Waals surface area contributed by atoms with Crippen LogP contribution in [0.3, 0.4) is 0 Å². The van der Waals surface area contributed by atoms with Crippen LogP contribution >= 0.6 is 15.9 Å². The summed E-state index contributed by atoms with van der Waals surface area (Å²) in [5.41, 5.74) is 2.43. The van der Waals surface area contributed by atoms with Crippen LogP contribution in [0.2, 0.25) is 0 Å². The number of anilines is 2. The van der Waals surface area contributed by atoms with E-state index < -0.39 is 0 Å². The third-order valence-electron chi connectivity index (χ3n) is 2.73. The topological polar surface area (TPSA) is 32.3 Å². The SMILES string of the molecule is CN(C)c1cccc(C(=O)Nc2ccc(Br)cc2)c1. The van der Waals surface area contributed by atoms with Crippen LogP contribution in [-0.4, -0.2) is 20.0 Å². The largest absolute Gasteiger partial charge is 0.378 e. The van der Waals surface area contributed by atoms with E-state index in [0.29, 0.717) is 5.56 Å². The predicted octanol–water partition coefficient (Wildman–Crippen LogP) is 3.77. The first-order valence-corrected chi connectivity index (χ1v) is 6.70. The molecule has 19 heavy (non-hydrogen) atoms. The molecular weight excluding hydrogens is 304 g/mol. The zero-order valence-corrected chi connectivity index (χ0v) is 12.4. The smallest absolute Gasteiger partial charge is 0.255 e. The zero-order chi connectivity index (χ0) is 13.8. The molecule has 2 aromatic carbocycles. The lowest BCUT2D eigenvalue weighted by Crippen LogP contribution is -2.14. The number of benzene rings is 2. The molecule has 0 fully saturated rings. The van der Waals surface area contributed by atoms with Gasteiger partial charge in [-0.05, 0) is 42.5 Å². The number of nitrogens with zero attached hydrogens (tertiary/aromatic N) is 1. The summed E-state index contributed by atoms with van der Waals surface area (Å²) in [7, 11) is 3.90. The van der Waals surface area contributed by atoms with Crippen molar-refractivity contribution in [1.29, 1.82) is 0 Å². The summed E-state index contributed by atoms with van der Waals surface area (Å²) in [4.78, 5) is 14.1. The number of amides is 1. The van der Waals surface area contributed by atoms with E-state index in [1.807, 2.05) is 61.5 Å². The molecule has 2 rings (SSSR count). The highest BCUT2D eigenvalue weighted by Crippen LogP contribution is 2.17. The van der Waals surface area contributed by atoms with Gasteiger partial charge in [0.1, 0.15) is 0 Å². The van der Waals surface area contributed by atoms with Crippen LogP contribution < -0.4 is 10.2 Å². The van der Waals surface area contributed by atoms with Crippen molar-refractivity contribution in [2.75, 3.05) is 24.3 Å². The van der Waals surface area contributed by atoms with Crippen molar-refractivity contribution in [2.24, 2.45) is 0 Å². The molecule has 0 radical (unpaired) electrons. The predicted molar refractivity (Wildman–Crippen MR) is 82.9 cm³/mol. The van der Waals surface area contributed by atoms with Crippen molar-refractivity contribution in [3.8, 4) is 0 Å². The third kappa shape index (κ3) is 3.58. The summed E-state index contributed by atoms with van der Waals surface area (Å²) < 4.78 is 0.986. The second-order valence-corrected chi connectivity index (χ2v) is 5.32. The van der Waals surface area contributed by atoms with Crippen molar-refractivity contribution in [3.63, 3.8) is 0 Å². The maximum Gasteiger partial charge on any atom is 0.255 e. The fraction of sp³-hybridized carbons (Fsp3) is 0.133. The Kier molecular flexibility index (Phi) is 4.22. The Morgan fingerprint density at radius 2 is 1.79 bits per heavy atom. The third-order valence-corrected chi connectivity index (χ3v) is 3.26. The molecule has 0 saturated carbocycles. The van der Waals surface area contributed by atoms with Gasteiger partial charge in [0.25, 0.3) is 5.91 Å². The van der Waals surface area contributed by atoms with Crippen molar-refractivity contribution >= 4 is 33.2 Å². The van der Waals surface area contributed by atoms with Gasteiger partial charge in [0.2, 0.25) is 0 Å². The maximum absolute atomic E-state index is 12.1. The molecule has 0 spiro atoms. The van der Waals surface area contributed by atoms with Gasteiger partial charge in [0, 0.05) is 35.5 Å².